The molecule has 0 amide bonds. The van der Waals surface area contributed by atoms with E-state index in [-0.39, 0.29) is 10.6 Å². The quantitative estimate of drug-likeness (QED) is 0.588. The molecule has 1 aromatic carbocycles. The molecule has 1 aromatic rings. The largest absolute Gasteiger partial charge is 0.368 e. The van der Waals surface area contributed by atoms with Crippen LogP contribution >= 0.6 is 15.9 Å². The highest BCUT2D eigenvalue weighted by molar-refractivity contribution is 9.10. The predicted octanol–water partition coefficient (Wildman–Crippen LogP) is 2.97. The van der Waals surface area contributed by atoms with Crippen molar-refractivity contribution in [3.05, 3.63) is 31.3 Å². The van der Waals surface area contributed by atoms with E-state index >= 15 is 0 Å². The fourth-order valence-electron chi connectivity index (χ4n) is 2.35. The number of nitro groups is 1. The van der Waals surface area contributed by atoms with Crippen molar-refractivity contribution in [3.63, 3.8) is 0 Å². The van der Waals surface area contributed by atoms with Crippen LogP contribution in [-0.4, -0.2) is 18.5 Å². The first-order valence-electron chi connectivity index (χ1n) is 5.12. The van der Waals surface area contributed by atoms with Crippen LogP contribution in [0.5, 0.6) is 0 Å². The van der Waals surface area contributed by atoms with Gasteiger partial charge in [-0.25, -0.2) is 0 Å². The van der Waals surface area contributed by atoms with Crippen LogP contribution in [0.15, 0.2) is 4.47 Å². The highest BCUT2D eigenvalue weighted by Crippen LogP contribution is 2.44. The summed E-state index contributed by atoms with van der Waals surface area (Å²) < 4.78 is 0.869. The molecule has 1 aliphatic rings. The molecule has 16 heavy (non-hydrogen) atoms. The highest BCUT2D eigenvalue weighted by atomic mass is 79.9. The number of nitro benzene ring substituents is 1. The maximum atomic E-state index is 11.1. The van der Waals surface area contributed by atoms with E-state index in [0.717, 1.165) is 39.8 Å². The minimum absolute atomic E-state index is 0.243. The molecule has 0 aromatic heterocycles. The second-order valence-corrected chi connectivity index (χ2v) is 4.96. The van der Waals surface area contributed by atoms with Gasteiger partial charge in [0.1, 0.15) is 5.69 Å². The Labute approximate surface area is 103 Å². The zero-order valence-corrected chi connectivity index (χ0v) is 11.1. The Kier molecular flexibility index (Phi) is 2.66. The van der Waals surface area contributed by atoms with Gasteiger partial charge in [-0.2, -0.15) is 0 Å². The van der Waals surface area contributed by atoms with Gasteiger partial charge in [-0.1, -0.05) is 0 Å². The number of rotatable bonds is 1. The van der Waals surface area contributed by atoms with Gasteiger partial charge in [-0.15, -0.1) is 0 Å². The minimum atomic E-state index is -0.278. The summed E-state index contributed by atoms with van der Waals surface area (Å²) in [6.07, 6.45) is 0.886. The number of likely N-dealkylation sites (N-methyl/N-ethyl adjacent to an activating group) is 1. The van der Waals surface area contributed by atoms with Gasteiger partial charge in [0.2, 0.25) is 0 Å². The molecule has 0 fully saturated rings. The summed E-state index contributed by atoms with van der Waals surface area (Å²) in [5.74, 6) is 0. The van der Waals surface area contributed by atoms with E-state index in [9.17, 15) is 10.1 Å². The predicted molar refractivity (Wildman–Crippen MR) is 67.2 cm³/mol. The monoisotopic (exact) mass is 284 g/mol. The summed E-state index contributed by atoms with van der Waals surface area (Å²) in [6.45, 7) is 4.66. The Morgan fingerprint density at radius 2 is 2.00 bits per heavy atom. The number of benzene rings is 1. The summed E-state index contributed by atoms with van der Waals surface area (Å²) in [4.78, 5) is 12.8. The first-order valence-corrected chi connectivity index (χ1v) is 5.91. The van der Waals surface area contributed by atoms with Gasteiger partial charge in [-0.3, -0.25) is 10.1 Å². The molecule has 0 bridgehead atoms. The van der Waals surface area contributed by atoms with Crippen molar-refractivity contribution in [2.75, 3.05) is 18.5 Å². The molecule has 1 heterocycles. The molecule has 4 nitrogen and oxygen atoms in total. The molecule has 2 rings (SSSR count). The standard InChI is InChI=1S/C11H13BrN2O2/c1-6-8-4-5-13(3)11(8)10(14(15)16)7(2)9(6)12/h4-5H2,1-3H3. The van der Waals surface area contributed by atoms with Gasteiger partial charge in [-0.05, 0) is 47.3 Å². The first-order chi connectivity index (χ1) is 7.45. The fraction of sp³-hybridized carbons (Fsp3) is 0.455. The molecule has 0 radical (unpaired) electrons. The molecule has 86 valence electrons. The average Bonchev–Trinajstić information content (AvgIpc) is 2.58. The lowest BCUT2D eigenvalue weighted by molar-refractivity contribution is -0.384. The van der Waals surface area contributed by atoms with Crippen molar-refractivity contribution in [2.45, 2.75) is 20.3 Å². The minimum Gasteiger partial charge on any atom is -0.368 e. The number of fused-ring (bicyclic) bond motifs is 1. The molecular formula is C11H13BrN2O2. The lowest BCUT2D eigenvalue weighted by Crippen LogP contribution is -2.14. The molecule has 5 heteroatoms. The second kappa shape index (κ2) is 3.73. The van der Waals surface area contributed by atoms with Crippen LogP contribution in [-0.2, 0) is 6.42 Å². The van der Waals surface area contributed by atoms with Crippen molar-refractivity contribution >= 4 is 27.3 Å². The third-order valence-electron chi connectivity index (χ3n) is 3.24. The van der Waals surface area contributed by atoms with Crippen LogP contribution < -0.4 is 4.90 Å². The van der Waals surface area contributed by atoms with Crippen molar-refractivity contribution in [1.82, 2.24) is 0 Å². The molecule has 0 saturated heterocycles. The molecule has 0 N–H and O–H groups in total. The Balaban J connectivity index is 2.84. The van der Waals surface area contributed by atoms with Crippen molar-refractivity contribution in [2.24, 2.45) is 0 Å². The normalized spacial score (nSPS) is 14.1. The highest BCUT2D eigenvalue weighted by Gasteiger charge is 2.31. The fourth-order valence-corrected chi connectivity index (χ4v) is 2.77. The van der Waals surface area contributed by atoms with Crippen LogP contribution in [0, 0.1) is 24.0 Å². The summed E-state index contributed by atoms with van der Waals surface area (Å²) in [5, 5.41) is 11.1. The zero-order chi connectivity index (χ0) is 12.0. The lowest BCUT2D eigenvalue weighted by atomic mass is 10.0. The summed E-state index contributed by atoms with van der Waals surface area (Å²) >= 11 is 3.45. The van der Waals surface area contributed by atoms with Crippen LogP contribution in [0.25, 0.3) is 0 Å². The van der Waals surface area contributed by atoms with Gasteiger partial charge in [0.25, 0.3) is 5.69 Å². The molecular weight excluding hydrogens is 272 g/mol. The average molecular weight is 285 g/mol. The van der Waals surface area contributed by atoms with E-state index in [1.165, 1.54) is 0 Å². The second-order valence-electron chi connectivity index (χ2n) is 4.17. The maximum absolute atomic E-state index is 11.1. The SMILES string of the molecule is Cc1c(Br)c(C)c([N+](=O)[O-])c2c1CCN2C. The molecule has 0 unspecified atom stereocenters. The Morgan fingerprint density at radius 1 is 1.38 bits per heavy atom. The molecule has 0 atom stereocenters. The third kappa shape index (κ3) is 1.42. The van der Waals surface area contributed by atoms with E-state index in [0.29, 0.717) is 0 Å². The van der Waals surface area contributed by atoms with Crippen molar-refractivity contribution < 1.29 is 4.92 Å². The van der Waals surface area contributed by atoms with Crippen LogP contribution in [0.4, 0.5) is 11.4 Å². The zero-order valence-electron chi connectivity index (χ0n) is 9.50. The third-order valence-corrected chi connectivity index (χ3v) is 4.43. The summed E-state index contributed by atoms with van der Waals surface area (Å²) in [5.41, 5.74) is 3.99. The molecule has 0 spiro atoms. The number of anilines is 1. The van der Waals surface area contributed by atoms with Crippen molar-refractivity contribution in [1.29, 1.82) is 0 Å². The number of halogens is 1. The van der Waals surface area contributed by atoms with E-state index in [2.05, 4.69) is 15.9 Å². The van der Waals surface area contributed by atoms with Gasteiger partial charge in [0.15, 0.2) is 0 Å². The van der Waals surface area contributed by atoms with E-state index < -0.39 is 0 Å². The van der Waals surface area contributed by atoms with E-state index in [1.54, 1.807) is 6.92 Å². The lowest BCUT2D eigenvalue weighted by Gasteiger charge is -2.15. The molecule has 1 aliphatic heterocycles. The smallest absolute Gasteiger partial charge is 0.296 e. The summed E-state index contributed by atoms with van der Waals surface area (Å²) in [7, 11) is 1.91. The number of hydrogen-bond acceptors (Lipinski definition) is 3. The van der Waals surface area contributed by atoms with Crippen LogP contribution in [0.2, 0.25) is 0 Å². The van der Waals surface area contributed by atoms with Crippen LogP contribution in [0.3, 0.4) is 0 Å². The molecule has 0 saturated carbocycles. The van der Waals surface area contributed by atoms with Gasteiger partial charge < -0.3 is 4.90 Å². The number of nitrogens with zero attached hydrogens (tertiary/aromatic N) is 2. The van der Waals surface area contributed by atoms with Gasteiger partial charge in [0, 0.05) is 23.6 Å². The van der Waals surface area contributed by atoms with E-state index in [1.807, 2.05) is 18.9 Å². The van der Waals surface area contributed by atoms with E-state index in [4.69, 9.17) is 0 Å². The van der Waals surface area contributed by atoms with Crippen LogP contribution in [0.1, 0.15) is 16.7 Å². The first kappa shape index (κ1) is 11.4. The Hall–Kier alpha value is -1.10. The van der Waals surface area contributed by atoms with Gasteiger partial charge in [0.05, 0.1) is 4.92 Å². The van der Waals surface area contributed by atoms with Gasteiger partial charge >= 0.3 is 0 Å². The Bertz CT molecular complexity index is 486. The molecule has 0 aliphatic carbocycles. The topological polar surface area (TPSA) is 46.4 Å². The maximum Gasteiger partial charge on any atom is 0.296 e. The number of hydrogen-bond donors (Lipinski definition) is 0. The Morgan fingerprint density at radius 3 is 2.56 bits per heavy atom. The van der Waals surface area contributed by atoms with Crippen molar-refractivity contribution in [3.8, 4) is 0 Å². The summed E-state index contributed by atoms with van der Waals surface area (Å²) in [6, 6.07) is 0.